The molecule has 0 aliphatic rings. The summed E-state index contributed by atoms with van der Waals surface area (Å²) in [5.41, 5.74) is 5.09. The van der Waals surface area contributed by atoms with Crippen molar-refractivity contribution in [1.29, 1.82) is 0 Å². The van der Waals surface area contributed by atoms with Gasteiger partial charge in [-0.25, -0.2) is 13.2 Å². The van der Waals surface area contributed by atoms with Crippen LogP contribution in [0.2, 0.25) is 0 Å². The lowest BCUT2D eigenvalue weighted by Crippen LogP contribution is -2.36. The Hall–Kier alpha value is -1.27. The molecule has 90 valence electrons. The summed E-state index contributed by atoms with van der Waals surface area (Å²) in [5.74, 6) is -4.63. The van der Waals surface area contributed by atoms with Crippen molar-refractivity contribution in [2.75, 3.05) is 13.7 Å². The van der Waals surface area contributed by atoms with E-state index in [2.05, 4.69) is 4.74 Å². The Balaban J connectivity index is 3.18. The normalized spacial score (nSPS) is 13.6. The highest BCUT2D eigenvalue weighted by Gasteiger charge is 2.39. The Labute approximate surface area is 90.6 Å². The summed E-state index contributed by atoms with van der Waals surface area (Å²) in [6.45, 7) is -1.41. The predicted octanol–water partition coefficient (Wildman–Crippen LogP) is 1.46. The summed E-state index contributed by atoms with van der Waals surface area (Å²) in [6, 6.07) is 1.74. The molecule has 0 unspecified atom stereocenters. The molecule has 1 atom stereocenters. The van der Waals surface area contributed by atoms with Gasteiger partial charge in [-0.2, -0.15) is 0 Å². The van der Waals surface area contributed by atoms with Gasteiger partial charge in [0.15, 0.2) is 11.6 Å². The van der Waals surface area contributed by atoms with Crippen molar-refractivity contribution in [3.63, 3.8) is 0 Å². The first-order chi connectivity index (χ1) is 7.44. The molecule has 0 fully saturated rings. The zero-order valence-corrected chi connectivity index (χ0v) is 8.58. The molecule has 0 aromatic heterocycles. The van der Waals surface area contributed by atoms with Crippen LogP contribution in [0.5, 0.6) is 5.75 Å². The Morgan fingerprint density at radius 2 is 2.12 bits per heavy atom. The minimum Gasteiger partial charge on any atom is -0.493 e. The quantitative estimate of drug-likeness (QED) is 0.830. The second-order valence-electron chi connectivity index (χ2n) is 3.26. The van der Waals surface area contributed by atoms with Gasteiger partial charge in [0.05, 0.1) is 7.11 Å². The number of nitrogens with two attached hydrogens (primary N) is 1. The van der Waals surface area contributed by atoms with Crippen LogP contribution in [0.4, 0.5) is 13.2 Å². The third-order valence-electron chi connectivity index (χ3n) is 2.20. The number of rotatable bonds is 4. The first-order valence-electron chi connectivity index (χ1n) is 4.50. The van der Waals surface area contributed by atoms with Gasteiger partial charge in [0.25, 0.3) is 5.92 Å². The molecule has 16 heavy (non-hydrogen) atoms. The molecule has 0 aliphatic carbocycles. The number of hydrogen-bond acceptors (Lipinski definition) is 3. The Bertz CT molecular complexity index is 371. The topological polar surface area (TPSA) is 55.5 Å². The van der Waals surface area contributed by atoms with Crippen LogP contribution in [-0.2, 0) is 0 Å². The first-order valence-corrected chi connectivity index (χ1v) is 4.50. The van der Waals surface area contributed by atoms with Crippen molar-refractivity contribution in [3.8, 4) is 5.75 Å². The van der Waals surface area contributed by atoms with Gasteiger partial charge in [0, 0.05) is 5.56 Å². The summed E-state index contributed by atoms with van der Waals surface area (Å²) in [6.07, 6.45) is 0. The van der Waals surface area contributed by atoms with Gasteiger partial charge in [0.2, 0.25) is 0 Å². The molecule has 0 heterocycles. The van der Waals surface area contributed by atoms with E-state index in [1.54, 1.807) is 0 Å². The van der Waals surface area contributed by atoms with E-state index in [0.717, 1.165) is 13.2 Å². The second-order valence-corrected chi connectivity index (χ2v) is 3.26. The molecule has 0 spiro atoms. The number of aliphatic hydroxyl groups is 1. The zero-order valence-electron chi connectivity index (χ0n) is 8.58. The maximum atomic E-state index is 13.2. The van der Waals surface area contributed by atoms with Crippen LogP contribution in [-0.4, -0.2) is 24.7 Å². The SMILES string of the molecule is COc1c(F)cccc1[C@@H](N)C(F)(F)CO. The zero-order chi connectivity index (χ0) is 12.3. The number of aliphatic hydroxyl groups excluding tert-OH is 1. The molecule has 0 saturated heterocycles. The van der Waals surface area contributed by atoms with Gasteiger partial charge in [-0.1, -0.05) is 12.1 Å². The molecule has 0 saturated carbocycles. The summed E-state index contributed by atoms with van der Waals surface area (Å²) >= 11 is 0. The van der Waals surface area contributed by atoms with E-state index in [1.807, 2.05) is 0 Å². The van der Waals surface area contributed by atoms with Gasteiger partial charge >= 0.3 is 0 Å². The minimum atomic E-state index is -3.53. The van der Waals surface area contributed by atoms with Crippen molar-refractivity contribution in [2.24, 2.45) is 5.73 Å². The molecule has 3 N–H and O–H groups in total. The van der Waals surface area contributed by atoms with Gasteiger partial charge < -0.3 is 15.6 Å². The van der Waals surface area contributed by atoms with Gasteiger partial charge in [0.1, 0.15) is 12.6 Å². The molecule has 1 aromatic rings. The Morgan fingerprint density at radius 3 is 2.62 bits per heavy atom. The van der Waals surface area contributed by atoms with Crippen LogP contribution in [0.25, 0.3) is 0 Å². The Morgan fingerprint density at radius 1 is 1.50 bits per heavy atom. The molecular weight excluding hydrogens is 223 g/mol. The molecule has 1 rings (SSSR count). The number of alkyl halides is 2. The molecule has 0 aliphatic heterocycles. The smallest absolute Gasteiger partial charge is 0.289 e. The van der Waals surface area contributed by atoms with Crippen LogP contribution in [0.1, 0.15) is 11.6 Å². The molecule has 1 aromatic carbocycles. The van der Waals surface area contributed by atoms with Crippen LogP contribution in [0, 0.1) is 5.82 Å². The van der Waals surface area contributed by atoms with Crippen LogP contribution in [0.15, 0.2) is 18.2 Å². The molecule has 0 amide bonds. The fraction of sp³-hybridized carbons (Fsp3) is 0.400. The van der Waals surface area contributed by atoms with E-state index in [4.69, 9.17) is 10.8 Å². The lowest BCUT2D eigenvalue weighted by Gasteiger charge is -2.23. The minimum absolute atomic E-state index is 0.179. The molecular formula is C10H12F3NO2. The highest BCUT2D eigenvalue weighted by Crippen LogP contribution is 2.35. The number of benzene rings is 1. The average Bonchev–Trinajstić information content (AvgIpc) is 2.27. The standard InChI is InChI=1S/C10H12F3NO2/c1-16-8-6(3-2-4-7(8)11)9(14)10(12,13)5-15/h2-4,9,15H,5,14H2,1H3/t9-/m1/s1. The average molecular weight is 235 g/mol. The van der Waals surface area contributed by atoms with Crippen molar-refractivity contribution >= 4 is 0 Å². The maximum Gasteiger partial charge on any atom is 0.289 e. The fourth-order valence-electron chi connectivity index (χ4n) is 1.31. The number of methoxy groups -OCH3 is 1. The van der Waals surface area contributed by atoms with Crippen LogP contribution in [0.3, 0.4) is 0 Å². The van der Waals surface area contributed by atoms with E-state index in [-0.39, 0.29) is 11.3 Å². The maximum absolute atomic E-state index is 13.2. The monoisotopic (exact) mass is 235 g/mol. The summed E-state index contributed by atoms with van der Waals surface area (Å²) in [5, 5.41) is 8.49. The highest BCUT2D eigenvalue weighted by molar-refractivity contribution is 5.38. The van der Waals surface area contributed by atoms with Gasteiger partial charge in [-0.3, -0.25) is 0 Å². The highest BCUT2D eigenvalue weighted by atomic mass is 19.3. The molecule has 3 nitrogen and oxygen atoms in total. The van der Waals surface area contributed by atoms with Crippen molar-refractivity contribution in [2.45, 2.75) is 12.0 Å². The first kappa shape index (κ1) is 12.8. The Kier molecular flexibility index (Phi) is 3.77. The predicted molar refractivity (Wildman–Crippen MR) is 51.9 cm³/mol. The fourth-order valence-corrected chi connectivity index (χ4v) is 1.31. The third kappa shape index (κ3) is 2.28. The van der Waals surface area contributed by atoms with E-state index < -0.39 is 24.4 Å². The third-order valence-corrected chi connectivity index (χ3v) is 2.20. The van der Waals surface area contributed by atoms with E-state index >= 15 is 0 Å². The lowest BCUT2D eigenvalue weighted by atomic mass is 10.0. The number of ether oxygens (including phenoxy) is 1. The number of hydrogen-bond donors (Lipinski definition) is 2. The largest absolute Gasteiger partial charge is 0.493 e. The van der Waals surface area contributed by atoms with Gasteiger partial charge in [-0.05, 0) is 6.07 Å². The lowest BCUT2D eigenvalue weighted by molar-refractivity contribution is -0.0716. The summed E-state index contributed by atoms with van der Waals surface area (Å²) < 4.78 is 44.1. The van der Waals surface area contributed by atoms with Crippen LogP contribution < -0.4 is 10.5 Å². The molecule has 0 bridgehead atoms. The number of para-hydroxylation sites is 1. The number of halogens is 3. The molecule has 0 radical (unpaired) electrons. The van der Waals surface area contributed by atoms with E-state index in [0.29, 0.717) is 0 Å². The summed E-state index contributed by atoms with van der Waals surface area (Å²) in [4.78, 5) is 0. The van der Waals surface area contributed by atoms with Crippen molar-refractivity contribution in [3.05, 3.63) is 29.6 Å². The molecule has 6 heteroatoms. The van der Waals surface area contributed by atoms with E-state index in [1.165, 1.54) is 12.1 Å². The summed E-state index contributed by atoms with van der Waals surface area (Å²) in [7, 11) is 1.16. The van der Waals surface area contributed by atoms with Gasteiger partial charge in [-0.15, -0.1) is 0 Å². The van der Waals surface area contributed by atoms with Crippen LogP contribution >= 0.6 is 0 Å². The van der Waals surface area contributed by atoms with Crippen molar-refractivity contribution in [1.82, 2.24) is 0 Å². The van der Waals surface area contributed by atoms with E-state index in [9.17, 15) is 13.2 Å². The second kappa shape index (κ2) is 4.71. The van der Waals surface area contributed by atoms with Crippen molar-refractivity contribution < 1.29 is 23.0 Å².